The first kappa shape index (κ1) is 16.8. The molecule has 3 rings (SSSR count). The molecule has 5 nitrogen and oxygen atoms in total. The third-order valence-electron chi connectivity index (χ3n) is 3.77. The van der Waals surface area contributed by atoms with E-state index in [1.807, 2.05) is 6.07 Å². The van der Waals surface area contributed by atoms with Gasteiger partial charge in [-0.2, -0.15) is 5.26 Å². The first-order chi connectivity index (χ1) is 11.8. The first-order valence-electron chi connectivity index (χ1n) is 7.11. The predicted octanol–water partition coefficient (Wildman–Crippen LogP) is 2.73. The van der Waals surface area contributed by atoms with E-state index >= 15 is 0 Å². The van der Waals surface area contributed by atoms with E-state index in [2.05, 4.69) is 0 Å². The number of fused-ring (bicyclic) bond motifs is 1. The van der Waals surface area contributed by atoms with E-state index < -0.39 is 21.6 Å². The SMILES string of the molecule is N#Cc1ccc2cc(S(N)(=O)=O)ccc2c1C(=O)c1ccc(F)cc1. The van der Waals surface area contributed by atoms with Gasteiger partial charge in [0.2, 0.25) is 10.0 Å². The van der Waals surface area contributed by atoms with Crippen molar-refractivity contribution < 1.29 is 17.6 Å². The minimum absolute atomic E-state index is 0.0927. The highest BCUT2D eigenvalue weighted by Crippen LogP contribution is 2.27. The van der Waals surface area contributed by atoms with E-state index in [4.69, 9.17) is 5.14 Å². The van der Waals surface area contributed by atoms with E-state index in [0.717, 1.165) is 12.1 Å². The quantitative estimate of drug-likeness (QED) is 0.731. The van der Waals surface area contributed by atoms with Gasteiger partial charge in [0.1, 0.15) is 5.82 Å². The first-order valence-corrected chi connectivity index (χ1v) is 8.66. The summed E-state index contributed by atoms with van der Waals surface area (Å²) >= 11 is 0. The van der Waals surface area contributed by atoms with Crippen molar-refractivity contribution in [3.05, 3.63) is 77.1 Å². The lowest BCUT2D eigenvalue weighted by atomic mass is 9.93. The van der Waals surface area contributed by atoms with Crippen LogP contribution in [-0.4, -0.2) is 14.2 Å². The fourth-order valence-corrected chi connectivity index (χ4v) is 3.12. The topological polar surface area (TPSA) is 101 Å². The van der Waals surface area contributed by atoms with Crippen molar-refractivity contribution >= 4 is 26.6 Å². The van der Waals surface area contributed by atoms with Crippen LogP contribution < -0.4 is 5.14 Å². The maximum atomic E-state index is 13.1. The fourth-order valence-electron chi connectivity index (χ4n) is 2.57. The normalized spacial score (nSPS) is 11.2. The van der Waals surface area contributed by atoms with Gasteiger partial charge in [-0.3, -0.25) is 4.79 Å². The van der Waals surface area contributed by atoms with Gasteiger partial charge in [-0.25, -0.2) is 17.9 Å². The number of nitriles is 1. The van der Waals surface area contributed by atoms with E-state index in [9.17, 15) is 22.9 Å². The van der Waals surface area contributed by atoms with Gasteiger partial charge in [0.05, 0.1) is 16.5 Å². The van der Waals surface area contributed by atoms with Gasteiger partial charge < -0.3 is 0 Å². The summed E-state index contributed by atoms with van der Waals surface area (Å²) in [5, 5.41) is 15.3. The molecule has 3 aromatic carbocycles. The Hall–Kier alpha value is -3.08. The maximum absolute atomic E-state index is 13.1. The number of carbonyl (C=O) groups excluding carboxylic acids is 1. The van der Waals surface area contributed by atoms with Gasteiger partial charge >= 0.3 is 0 Å². The average molecular weight is 354 g/mol. The number of nitrogens with zero attached hydrogens (tertiary/aromatic N) is 1. The van der Waals surface area contributed by atoms with Gasteiger partial charge in [-0.15, -0.1) is 0 Å². The van der Waals surface area contributed by atoms with Crippen LogP contribution in [-0.2, 0) is 10.0 Å². The summed E-state index contributed by atoms with van der Waals surface area (Å²) in [6.45, 7) is 0. The third kappa shape index (κ3) is 3.13. The van der Waals surface area contributed by atoms with Crippen molar-refractivity contribution in [2.24, 2.45) is 5.14 Å². The summed E-state index contributed by atoms with van der Waals surface area (Å²) in [6.07, 6.45) is 0. The summed E-state index contributed by atoms with van der Waals surface area (Å²) < 4.78 is 36.1. The largest absolute Gasteiger partial charge is 0.289 e. The minimum Gasteiger partial charge on any atom is -0.289 e. The summed E-state index contributed by atoms with van der Waals surface area (Å²) in [5.74, 6) is -0.932. The van der Waals surface area contributed by atoms with Crippen LogP contribution >= 0.6 is 0 Å². The smallest absolute Gasteiger partial charge is 0.238 e. The lowest BCUT2D eigenvalue weighted by Crippen LogP contribution is -2.12. The Kier molecular flexibility index (Phi) is 4.08. The molecule has 0 aliphatic rings. The number of ketones is 1. The highest BCUT2D eigenvalue weighted by atomic mass is 32.2. The molecule has 0 radical (unpaired) electrons. The molecule has 0 aromatic heterocycles. The molecule has 0 saturated carbocycles. The Morgan fingerprint density at radius 2 is 1.72 bits per heavy atom. The zero-order valence-electron chi connectivity index (χ0n) is 12.7. The molecule has 7 heteroatoms. The zero-order chi connectivity index (χ0) is 18.2. The van der Waals surface area contributed by atoms with Crippen LogP contribution in [0, 0.1) is 17.1 Å². The van der Waals surface area contributed by atoms with Gasteiger partial charge in [0.15, 0.2) is 5.78 Å². The highest BCUT2D eigenvalue weighted by molar-refractivity contribution is 7.89. The Morgan fingerprint density at radius 1 is 1.04 bits per heavy atom. The van der Waals surface area contributed by atoms with Gasteiger partial charge in [0.25, 0.3) is 0 Å². The van der Waals surface area contributed by atoms with E-state index in [0.29, 0.717) is 10.8 Å². The molecular weight excluding hydrogens is 343 g/mol. The second kappa shape index (κ2) is 6.09. The maximum Gasteiger partial charge on any atom is 0.238 e. The molecule has 25 heavy (non-hydrogen) atoms. The van der Waals surface area contributed by atoms with E-state index in [1.54, 1.807) is 6.07 Å². The van der Waals surface area contributed by atoms with Crippen molar-refractivity contribution in [1.82, 2.24) is 0 Å². The van der Waals surface area contributed by atoms with Gasteiger partial charge in [-0.05, 0) is 53.2 Å². The molecule has 2 N–H and O–H groups in total. The number of primary sulfonamides is 1. The average Bonchev–Trinajstić information content (AvgIpc) is 2.59. The minimum atomic E-state index is -3.89. The monoisotopic (exact) mass is 354 g/mol. The van der Waals surface area contributed by atoms with Gasteiger partial charge in [0, 0.05) is 11.1 Å². The van der Waals surface area contributed by atoms with Gasteiger partial charge in [-0.1, -0.05) is 12.1 Å². The number of nitrogens with two attached hydrogens (primary N) is 1. The van der Waals surface area contributed by atoms with Crippen molar-refractivity contribution in [1.29, 1.82) is 5.26 Å². The summed E-state index contributed by atoms with van der Waals surface area (Å²) in [7, 11) is -3.89. The van der Waals surface area contributed by atoms with Crippen molar-refractivity contribution in [2.75, 3.05) is 0 Å². The number of sulfonamides is 1. The Balaban J connectivity index is 2.27. The fraction of sp³-hybridized carbons (Fsp3) is 0. The van der Waals surface area contributed by atoms with Crippen LogP contribution in [0.5, 0.6) is 0 Å². The highest BCUT2D eigenvalue weighted by Gasteiger charge is 2.19. The van der Waals surface area contributed by atoms with Crippen molar-refractivity contribution in [3.63, 3.8) is 0 Å². The molecule has 0 heterocycles. The molecule has 0 amide bonds. The Morgan fingerprint density at radius 3 is 2.32 bits per heavy atom. The zero-order valence-corrected chi connectivity index (χ0v) is 13.5. The van der Waals surface area contributed by atoms with Crippen LogP contribution in [0.15, 0.2) is 59.5 Å². The van der Waals surface area contributed by atoms with Crippen LogP contribution in [0.2, 0.25) is 0 Å². The van der Waals surface area contributed by atoms with Crippen LogP contribution in [0.4, 0.5) is 4.39 Å². The van der Waals surface area contributed by atoms with E-state index in [1.165, 1.54) is 36.4 Å². The number of rotatable bonds is 3. The Bertz CT molecular complexity index is 1150. The third-order valence-corrected chi connectivity index (χ3v) is 4.68. The lowest BCUT2D eigenvalue weighted by molar-refractivity contribution is 0.104. The molecule has 3 aromatic rings. The molecule has 0 spiro atoms. The lowest BCUT2D eigenvalue weighted by Gasteiger charge is -2.09. The summed E-state index contributed by atoms with van der Waals surface area (Å²) in [6, 6.07) is 14.0. The second-order valence-electron chi connectivity index (χ2n) is 5.36. The second-order valence-corrected chi connectivity index (χ2v) is 6.93. The van der Waals surface area contributed by atoms with Crippen LogP contribution in [0.3, 0.4) is 0 Å². The number of benzene rings is 3. The standard InChI is InChI=1S/C18H11FN2O3S/c19-14-5-3-11(4-6-14)18(22)17-13(10-20)2-1-12-9-15(25(21,23)24)7-8-16(12)17/h1-9H,(H2,21,23,24). The summed E-state index contributed by atoms with van der Waals surface area (Å²) in [4.78, 5) is 12.7. The molecule has 0 atom stereocenters. The van der Waals surface area contributed by atoms with Crippen molar-refractivity contribution in [3.8, 4) is 6.07 Å². The molecule has 124 valence electrons. The van der Waals surface area contributed by atoms with Crippen LogP contribution in [0.1, 0.15) is 21.5 Å². The molecular formula is C18H11FN2O3S. The molecule has 0 unspecified atom stereocenters. The molecule has 0 aliphatic heterocycles. The number of carbonyl (C=O) groups is 1. The van der Waals surface area contributed by atoms with Crippen LogP contribution in [0.25, 0.3) is 10.8 Å². The predicted molar refractivity (Wildman–Crippen MR) is 89.9 cm³/mol. The molecule has 0 bridgehead atoms. The molecule has 0 saturated heterocycles. The number of hydrogen-bond acceptors (Lipinski definition) is 4. The summed E-state index contributed by atoms with van der Waals surface area (Å²) in [5.41, 5.74) is 0.499. The molecule has 0 aliphatic carbocycles. The number of hydrogen-bond donors (Lipinski definition) is 1. The number of halogens is 1. The Labute approximate surface area is 143 Å². The molecule has 0 fully saturated rings. The van der Waals surface area contributed by atoms with E-state index in [-0.39, 0.29) is 21.6 Å². The van der Waals surface area contributed by atoms with Crippen molar-refractivity contribution in [2.45, 2.75) is 4.90 Å².